The number of benzene rings is 1. The summed E-state index contributed by atoms with van der Waals surface area (Å²) in [6.07, 6.45) is 1.48. The lowest BCUT2D eigenvalue weighted by atomic mass is 10.2. The molecule has 1 N–H and O–H groups in total. The van der Waals surface area contributed by atoms with Gasteiger partial charge in [-0.15, -0.1) is 12.4 Å². The molecule has 0 unspecified atom stereocenters. The van der Waals surface area contributed by atoms with E-state index in [2.05, 4.69) is 0 Å². The van der Waals surface area contributed by atoms with Gasteiger partial charge in [-0.1, -0.05) is 13.8 Å². The van der Waals surface area contributed by atoms with E-state index in [9.17, 15) is 13.2 Å². The van der Waals surface area contributed by atoms with Crippen molar-refractivity contribution in [3.8, 4) is 0 Å². The van der Waals surface area contributed by atoms with Crippen molar-refractivity contribution in [2.24, 2.45) is 0 Å². The largest absolute Gasteiger partial charge is 0.478 e. The van der Waals surface area contributed by atoms with Crippen molar-refractivity contribution in [1.29, 1.82) is 0 Å². The highest BCUT2D eigenvalue weighted by Crippen LogP contribution is 2.17. The van der Waals surface area contributed by atoms with Crippen molar-refractivity contribution in [3.63, 3.8) is 0 Å². The lowest BCUT2D eigenvalue weighted by Gasteiger charge is -2.20. The number of nitrogens with zero attached hydrogens (tertiary/aromatic N) is 1. The Morgan fingerprint density at radius 1 is 1.10 bits per heavy atom. The molecule has 0 heterocycles. The van der Waals surface area contributed by atoms with E-state index in [1.54, 1.807) is 0 Å². The molecule has 1 aromatic rings. The molecule has 0 bridgehead atoms. The second-order valence-corrected chi connectivity index (χ2v) is 6.17. The van der Waals surface area contributed by atoms with Crippen LogP contribution in [-0.4, -0.2) is 36.9 Å². The summed E-state index contributed by atoms with van der Waals surface area (Å²) >= 11 is 0. The van der Waals surface area contributed by atoms with Crippen LogP contribution >= 0.6 is 12.4 Å². The fourth-order valence-corrected chi connectivity index (χ4v) is 3.39. The third kappa shape index (κ3) is 4.47. The van der Waals surface area contributed by atoms with Crippen LogP contribution in [-0.2, 0) is 10.0 Å². The zero-order valence-corrected chi connectivity index (χ0v) is 13.2. The molecule has 0 saturated carbocycles. The van der Waals surface area contributed by atoms with Crippen molar-refractivity contribution >= 4 is 28.4 Å². The number of aromatic carboxylic acids is 1. The molecule has 0 radical (unpaired) electrons. The number of halogens is 1. The first kappa shape index (κ1) is 18.9. The third-order valence-corrected chi connectivity index (χ3v) is 4.60. The molecule has 5 nitrogen and oxygen atoms in total. The first-order chi connectivity index (χ1) is 8.93. The third-order valence-electron chi connectivity index (χ3n) is 2.69. The molecule has 0 atom stereocenters. The molecule has 0 aliphatic rings. The average Bonchev–Trinajstić information content (AvgIpc) is 2.38. The fraction of sp³-hybridized carbons (Fsp3) is 0.462. The van der Waals surface area contributed by atoms with Gasteiger partial charge in [-0.2, -0.15) is 4.31 Å². The first-order valence-corrected chi connectivity index (χ1v) is 7.71. The molecule has 0 fully saturated rings. The molecule has 7 heteroatoms. The van der Waals surface area contributed by atoms with Crippen molar-refractivity contribution in [1.82, 2.24) is 4.31 Å². The number of hydrogen-bond donors (Lipinski definition) is 1. The van der Waals surface area contributed by atoms with Crippen LogP contribution in [0.2, 0.25) is 0 Å². The van der Waals surface area contributed by atoms with Crippen LogP contribution in [0.4, 0.5) is 0 Å². The summed E-state index contributed by atoms with van der Waals surface area (Å²) in [4.78, 5) is 10.9. The van der Waals surface area contributed by atoms with Crippen molar-refractivity contribution in [3.05, 3.63) is 29.8 Å². The molecule has 0 aromatic heterocycles. The number of carboxylic acid groups (broad SMARTS) is 1. The normalized spacial score (nSPS) is 11.2. The highest BCUT2D eigenvalue weighted by Gasteiger charge is 2.23. The van der Waals surface area contributed by atoms with Crippen LogP contribution < -0.4 is 0 Å². The molecule has 0 spiro atoms. The summed E-state index contributed by atoms with van der Waals surface area (Å²) in [5.74, 6) is -1.07. The maximum absolute atomic E-state index is 12.4. The minimum absolute atomic E-state index is 0. The van der Waals surface area contributed by atoms with Gasteiger partial charge < -0.3 is 5.11 Å². The van der Waals surface area contributed by atoms with Crippen LogP contribution in [0.3, 0.4) is 0 Å². The summed E-state index contributed by atoms with van der Waals surface area (Å²) in [6, 6.07) is 5.31. The highest BCUT2D eigenvalue weighted by atomic mass is 35.5. The molecule has 1 aromatic carbocycles. The minimum atomic E-state index is -3.53. The Balaban J connectivity index is 0.00000361. The fourth-order valence-electron chi connectivity index (χ4n) is 1.77. The molecular formula is C13H20ClNO4S. The Morgan fingerprint density at radius 3 is 1.90 bits per heavy atom. The molecular weight excluding hydrogens is 302 g/mol. The number of carboxylic acids is 1. The van der Waals surface area contributed by atoms with Gasteiger partial charge in [-0.05, 0) is 37.1 Å². The van der Waals surface area contributed by atoms with Gasteiger partial charge in [-0.3, -0.25) is 0 Å². The van der Waals surface area contributed by atoms with E-state index < -0.39 is 16.0 Å². The predicted octanol–water partition coefficient (Wildman–Crippen LogP) is 2.62. The maximum atomic E-state index is 12.4. The van der Waals surface area contributed by atoms with Gasteiger partial charge in [0.15, 0.2) is 0 Å². The molecule has 0 aliphatic carbocycles. The highest BCUT2D eigenvalue weighted by molar-refractivity contribution is 7.89. The number of sulfonamides is 1. The van der Waals surface area contributed by atoms with Gasteiger partial charge in [0.2, 0.25) is 10.0 Å². The van der Waals surface area contributed by atoms with E-state index in [0.29, 0.717) is 13.1 Å². The Labute approximate surface area is 126 Å². The standard InChI is InChI=1S/C13H19NO4S.ClH/c1-3-9-14(10-4-2)19(17,18)12-7-5-11(6-8-12)13(15)16;/h5-8H,3-4,9-10H2,1-2H3,(H,15,16);1H. The van der Waals surface area contributed by atoms with Gasteiger partial charge in [0, 0.05) is 13.1 Å². The zero-order valence-electron chi connectivity index (χ0n) is 11.6. The average molecular weight is 322 g/mol. The number of carbonyl (C=O) groups is 1. The monoisotopic (exact) mass is 321 g/mol. The van der Waals surface area contributed by atoms with Gasteiger partial charge in [-0.25, -0.2) is 13.2 Å². The predicted molar refractivity (Wildman–Crippen MR) is 80.0 cm³/mol. The van der Waals surface area contributed by atoms with Crippen LogP contribution in [0.15, 0.2) is 29.2 Å². The lowest BCUT2D eigenvalue weighted by molar-refractivity contribution is 0.0696. The Bertz CT molecular complexity index is 522. The van der Waals surface area contributed by atoms with Crippen molar-refractivity contribution in [2.75, 3.05) is 13.1 Å². The van der Waals surface area contributed by atoms with E-state index in [-0.39, 0.29) is 22.9 Å². The van der Waals surface area contributed by atoms with E-state index in [1.807, 2.05) is 13.8 Å². The molecule has 1 rings (SSSR count). The second-order valence-electron chi connectivity index (χ2n) is 4.23. The van der Waals surface area contributed by atoms with Gasteiger partial charge >= 0.3 is 5.97 Å². The van der Waals surface area contributed by atoms with Gasteiger partial charge in [0.05, 0.1) is 10.5 Å². The number of hydrogen-bond acceptors (Lipinski definition) is 3. The van der Waals surface area contributed by atoms with Crippen LogP contribution in [0.5, 0.6) is 0 Å². The van der Waals surface area contributed by atoms with Crippen LogP contribution in [0, 0.1) is 0 Å². The molecule has 114 valence electrons. The summed E-state index contributed by atoms with van der Waals surface area (Å²) < 4.78 is 26.2. The molecule has 20 heavy (non-hydrogen) atoms. The van der Waals surface area contributed by atoms with E-state index in [0.717, 1.165) is 12.8 Å². The Kier molecular flexibility index (Phi) is 7.78. The summed E-state index contributed by atoms with van der Waals surface area (Å²) in [7, 11) is -3.53. The smallest absolute Gasteiger partial charge is 0.335 e. The van der Waals surface area contributed by atoms with Crippen LogP contribution in [0.25, 0.3) is 0 Å². The number of rotatable bonds is 7. The van der Waals surface area contributed by atoms with Gasteiger partial charge in [0.1, 0.15) is 0 Å². The van der Waals surface area contributed by atoms with E-state index >= 15 is 0 Å². The second kappa shape index (κ2) is 8.24. The summed E-state index contributed by atoms with van der Waals surface area (Å²) in [5, 5.41) is 8.80. The van der Waals surface area contributed by atoms with Crippen molar-refractivity contribution < 1.29 is 18.3 Å². The Morgan fingerprint density at radius 2 is 1.55 bits per heavy atom. The lowest BCUT2D eigenvalue weighted by Crippen LogP contribution is -2.32. The SMILES string of the molecule is CCCN(CCC)S(=O)(=O)c1ccc(C(=O)O)cc1.Cl. The van der Waals surface area contributed by atoms with Crippen LogP contribution in [0.1, 0.15) is 37.0 Å². The van der Waals surface area contributed by atoms with E-state index in [1.165, 1.54) is 28.6 Å². The molecule has 0 saturated heterocycles. The van der Waals surface area contributed by atoms with Crippen molar-refractivity contribution in [2.45, 2.75) is 31.6 Å². The first-order valence-electron chi connectivity index (χ1n) is 6.27. The van der Waals surface area contributed by atoms with Gasteiger partial charge in [0.25, 0.3) is 0 Å². The Hall–Kier alpha value is -1.11. The molecule has 0 amide bonds. The summed E-state index contributed by atoms with van der Waals surface area (Å²) in [5.41, 5.74) is 0.0801. The minimum Gasteiger partial charge on any atom is -0.478 e. The zero-order chi connectivity index (χ0) is 14.5. The van der Waals surface area contributed by atoms with E-state index in [4.69, 9.17) is 5.11 Å². The quantitative estimate of drug-likeness (QED) is 0.837. The summed E-state index contributed by atoms with van der Waals surface area (Å²) in [6.45, 7) is 4.78. The maximum Gasteiger partial charge on any atom is 0.335 e. The topological polar surface area (TPSA) is 74.7 Å². The molecule has 0 aliphatic heterocycles.